The summed E-state index contributed by atoms with van der Waals surface area (Å²) in [7, 11) is -3.00. The Morgan fingerprint density at radius 1 is 1.48 bits per heavy atom. The summed E-state index contributed by atoms with van der Waals surface area (Å²) in [5.74, 6) is -0.0393. The van der Waals surface area contributed by atoms with Crippen molar-refractivity contribution >= 4 is 38.0 Å². The van der Waals surface area contributed by atoms with Crippen molar-refractivity contribution in [1.29, 1.82) is 0 Å². The maximum absolute atomic E-state index is 12.0. The maximum atomic E-state index is 12.0. The van der Waals surface area contributed by atoms with Gasteiger partial charge in [0, 0.05) is 18.8 Å². The number of nitrogen functional groups attached to an aromatic ring is 1. The van der Waals surface area contributed by atoms with Crippen LogP contribution in [0.3, 0.4) is 0 Å². The third kappa shape index (κ3) is 4.85. The highest BCUT2D eigenvalue weighted by Crippen LogP contribution is 2.29. The van der Waals surface area contributed by atoms with Gasteiger partial charge in [-0.2, -0.15) is 0 Å². The van der Waals surface area contributed by atoms with Crippen molar-refractivity contribution in [2.24, 2.45) is 0 Å². The predicted molar refractivity (Wildman–Crippen MR) is 84.4 cm³/mol. The molecule has 1 heterocycles. The molecule has 1 saturated carbocycles. The van der Waals surface area contributed by atoms with Crippen LogP contribution in [0.4, 0.5) is 10.9 Å². The number of aromatic nitrogens is 1. The Balaban J connectivity index is 1.83. The first-order valence-electron chi connectivity index (χ1n) is 6.84. The van der Waals surface area contributed by atoms with Crippen molar-refractivity contribution in [3.05, 3.63) is 4.88 Å². The van der Waals surface area contributed by atoms with Crippen LogP contribution < -0.4 is 16.4 Å². The lowest BCUT2D eigenvalue weighted by Gasteiger charge is -2.25. The second-order valence-electron chi connectivity index (χ2n) is 5.24. The summed E-state index contributed by atoms with van der Waals surface area (Å²) < 4.78 is 22.0. The summed E-state index contributed by atoms with van der Waals surface area (Å²) >= 11 is 1.23. The van der Waals surface area contributed by atoms with Crippen LogP contribution in [0.25, 0.3) is 0 Å². The molecule has 118 valence electrons. The minimum atomic E-state index is -3.00. The number of nitrogens with two attached hydrogens (primary N) is 1. The first kappa shape index (κ1) is 16.0. The van der Waals surface area contributed by atoms with E-state index in [2.05, 4.69) is 15.6 Å². The molecule has 1 amide bonds. The van der Waals surface area contributed by atoms with E-state index in [9.17, 15) is 13.2 Å². The Morgan fingerprint density at radius 2 is 2.19 bits per heavy atom. The fraction of sp³-hybridized carbons (Fsp3) is 0.667. The van der Waals surface area contributed by atoms with Crippen LogP contribution in [0, 0.1) is 0 Å². The van der Waals surface area contributed by atoms with E-state index in [1.807, 2.05) is 0 Å². The lowest BCUT2D eigenvalue weighted by Crippen LogP contribution is -2.26. The molecular weight excluding hydrogens is 312 g/mol. The number of hydrogen-bond donors (Lipinski definition) is 3. The number of anilines is 2. The zero-order valence-electron chi connectivity index (χ0n) is 11.9. The van der Waals surface area contributed by atoms with Gasteiger partial charge in [0.1, 0.15) is 20.5 Å². The van der Waals surface area contributed by atoms with Crippen LogP contribution in [0.1, 0.15) is 35.4 Å². The fourth-order valence-corrected chi connectivity index (χ4v) is 3.45. The lowest BCUT2D eigenvalue weighted by atomic mass is 9.93. The zero-order valence-corrected chi connectivity index (χ0v) is 13.5. The van der Waals surface area contributed by atoms with Gasteiger partial charge in [0.2, 0.25) is 0 Å². The molecule has 0 unspecified atom stereocenters. The molecule has 2 rings (SSSR count). The van der Waals surface area contributed by atoms with E-state index < -0.39 is 9.84 Å². The van der Waals surface area contributed by atoms with Gasteiger partial charge < -0.3 is 16.4 Å². The predicted octanol–water partition coefficient (Wildman–Crippen LogP) is 0.854. The Bertz CT molecular complexity index is 608. The highest BCUT2D eigenvalue weighted by molar-refractivity contribution is 7.90. The molecule has 9 heteroatoms. The van der Waals surface area contributed by atoms with Gasteiger partial charge >= 0.3 is 0 Å². The monoisotopic (exact) mass is 332 g/mol. The van der Waals surface area contributed by atoms with E-state index in [0.717, 1.165) is 12.8 Å². The molecule has 0 saturated heterocycles. The molecule has 1 fully saturated rings. The summed E-state index contributed by atoms with van der Waals surface area (Å²) in [5.41, 5.74) is 5.75. The van der Waals surface area contributed by atoms with E-state index in [1.165, 1.54) is 24.0 Å². The lowest BCUT2D eigenvalue weighted by molar-refractivity contribution is 0.0958. The Hall–Kier alpha value is -1.35. The molecule has 7 nitrogen and oxygen atoms in total. The molecule has 21 heavy (non-hydrogen) atoms. The molecule has 1 aliphatic carbocycles. The number of carbonyl (C=O) groups is 1. The minimum Gasteiger partial charge on any atom is -0.382 e. The van der Waals surface area contributed by atoms with Gasteiger partial charge in [0.25, 0.3) is 5.91 Å². The molecule has 0 spiro atoms. The number of nitrogens with zero attached hydrogens (tertiary/aromatic N) is 1. The topological polar surface area (TPSA) is 114 Å². The summed E-state index contributed by atoms with van der Waals surface area (Å²) in [4.78, 5) is 16.5. The number of thiazole rings is 1. The van der Waals surface area contributed by atoms with Gasteiger partial charge in [-0.3, -0.25) is 4.79 Å². The van der Waals surface area contributed by atoms with Crippen molar-refractivity contribution in [1.82, 2.24) is 10.3 Å². The third-order valence-electron chi connectivity index (χ3n) is 3.27. The quantitative estimate of drug-likeness (QED) is 0.638. The molecule has 0 aromatic carbocycles. The first-order chi connectivity index (χ1) is 9.85. The third-order valence-corrected chi connectivity index (χ3v) is 5.30. The average Bonchev–Trinajstić information content (AvgIpc) is 2.69. The van der Waals surface area contributed by atoms with Gasteiger partial charge in [-0.15, -0.1) is 0 Å². The van der Waals surface area contributed by atoms with Crippen molar-refractivity contribution < 1.29 is 13.2 Å². The zero-order chi connectivity index (χ0) is 15.5. The van der Waals surface area contributed by atoms with E-state index >= 15 is 0 Å². The van der Waals surface area contributed by atoms with Gasteiger partial charge in [0.15, 0.2) is 5.13 Å². The van der Waals surface area contributed by atoms with Crippen LogP contribution in [-0.4, -0.2) is 43.9 Å². The molecule has 0 bridgehead atoms. The van der Waals surface area contributed by atoms with Crippen LogP contribution in [0.5, 0.6) is 0 Å². The van der Waals surface area contributed by atoms with Crippen molar-refractivity contribution in [3.8, 4) is 0 Å². The Labute approximate surface area is 128 Å². The molecule has 1 aromatic rings. The number of rotatable bonds is 7. The fourth-order valence-electron chi connectivity index (χ4n) is 1.90. The van der Waals surface area contributed by atoms with Crippen LogP contribution in [0.15, 0.2) is 0 Å². The summed E-state index contributed by atoms with van der Waals surface area (Å²) in [6.07, 6.45) is 5.01. The molecule has 4 N–H and O–H groups in total. The second kappa shape index (κ2) is 6.61. The molecule has 0 radical (unpaired) electrons. The normalized spacial score (nSPS) is 15.5. The van der Waals surface area contributed by atoms with E-state index in [-0.39, 0.29) is 17.5 Å². The molecule has 1 aromatic heterocycles. The highest BCUT2D eigenvalue weighted by Gasteiger charge is 2.21. The standard InChI is InChI=1S/C12H20N4O3S2/c1-21(18,19)7-3-6-14-11(17)9-10(13)16-12(20-9)15-8-4-2-5-8/h8H,2-7,13H2,1H3,(H,14,17)(H,15,16). The smallest absolute Gasteiger partial charge is 0.265 e. The van der Waals surface area contributed by atoms with Gasteiger partial charge in [-0.05, 0) is 25.7 Å². The second-order valence-corrected chi connectivity index (χ2v) is 8.50. The average molecular weight is 332 g/mol. The molecule has 0 atom stereocenters. The number of amides is 1. The largest absolute Gasteiger partial charge is 0.382 e. The van der Waals surface area contributed by atoms with E-state index in [0.29, 0.717) is 29.0 Å². The SMILES string of the molecule is CS(=O)(=O)CCCNC(=O)c1sc(NC2CCC2)nc1N. The van der Waals surface area contributed by atoms with Crippen molar-refractivity contribution in [3.63, 3.8) is 0 Å². The Kier molecular flexibility index (Phi) is 5.04. The molecular formula is C12H20N4O3S2. The number of carbonyl (C=O) groups excluding carboxylic acids is 1. The van der Waals surface area contributed by atoms with Crippen LogP contribution in [-0.2, 0) is 9.84 Å². The first-order valence-corrected chi connectivity index (χ1v) is 9.71. The van der Waals surface area contributed by atoms with Crippen molar-refractivity contribution in [2.45, 2.75) is 31.7 Å². The highest BCUT2D eigenvalue weighted by atomic mass is 32.2. The number of sulfone groups is 1. The van der Waals surface area contributed by atoms with Gasteiger partial charge in [-0.25, -0.2) is 13.4 Å². The van der Waals surface area contributed by atoms with Crippen LogP contribution >= 0.6 is 11.3 Å². The number of hydrogen-bond acceptors (Lipinski definition) is 7. The molecule has 0 aliphatic heterocycles. The summed E-state index contributed by atoms with van der Waals surface area (Å²) in [6, 6.07) is 0.432. The van der Waals surface area contributed by atoms with E-state index in [1.54, 1.807) is 0 Å². The maximum Gasteiger partial charge on any atom is 0.265 e. The minimum absolute atomic E-state index is 0.0555. The summed E-state index contributed by atoms with van der Waals surface area (Å²) in [5, 5.41) is 6.58. The Morgan fingerprint density at radius 3 is 2.76 bits per heavy atom. The van der Waals surface area contributed by atoms with Crippen molar-refractivity contribution in [2.75, 3.05) is 29.6 Å². The van der Waals surface area contributed by atoms with E-state index in [4.69, 9.17) is 5.73 Å². The molecule has 1 aliphatic rings. The number of nitrogens with one attached hydrogen (secondary N) is 2. The van der Waals surface area contributed by atoms with Crippen LogP contribution in [0.2, 0.25) is 0 Å². The van der Waals surface area contributed by atoms with Gasteiger partial charge in [0.05, 0.1) is 5.75 Å². The van der Waals surface area contributed by atoms with Gasteiger partial charge in [-0.1, -0.05) is 11.3 Å². The summed E-state index contributed by atoms with van der Waals surface area (Å²) in [6.45, 7) is 0.300.